The Kier molecular flexibility index (Phi) is 5.10. The lowest BCUT2D eigenvalue weighted by molar-refractivity contribution is -0.122. The van der Waals surface area contributed by atoms with Gasteiger partial charge in [-0.3, -0.25) is 9.78 Å². The molecule has 6 heteroatoms. The van der Waals surface area contributed by atoms with Gasteiger partial charge in [0.15, 0.2) is 0 Å². The molecule has 1 aromatic heterocycles. The number of nitrogens with one attached hydrogen (secondary N) is 2. The zero-order valence-electron chi connectivity index (χ0n) is 10.7. The molecule has 1 aromatic rings. The Morgan fingerprint density at radius 3 is 2.83 bits per heavy atom. The minimum Gasteiger partial charge on any atom is -0.453 e. The van der Waals surface area contributed by atoms with E-state index in [1.54, 1.807) is 13.1 Å². The van der Waals surface area contributed by atoms with Crippen LogP contribution in [-0.4, -0.2) is 30.1 Å². The fraction of sp³-hybridized carbons (Fsp3) is 0.417. The molecule has 0 unspecified atom stereocenters. The maximum atomic E-state index is 11.7. The average molecular weight is 251 g/mol. The highest BCUT2D eigenvalue weighted by Gasteiger charge is 2.14. The average Bonchev–Trinajstić information content (AvgIpc) is 2.35. The summed E-state index contributed by atoms with van der Waals surface area (Å²) in [7, 11) is 1.25. The van der Waals surface area contributed by atoms with E-state index in [-0.39, 0.29) is 5.91 Å². The maximum absolute atomic E-state index is 11.7. The van der Waals surface area contributed by atoms with Gasteiger partial charge in [0.05, 0.1) is 7.11 Å². The third-order valence-electron chi connectivity index (χ3n) is 2.34. The minimum atomic E-state index is -0.639. The number of carbonyl (C=O) groups is 2. The molecule has 98 valence electrons. The minimum absolute atomic E-state index is 0.269. The number of alkyl carbamates (subject to hydrolysis) is 1. The number of aryl methyl sites for hydroxylation is 1. The summed E-state index contributed by atoms with van der Waals surface area (Å²) in [5.74, 6) is -0.269. The molecule has 0 saturated carbocycles. The Labute approximate surface area is 106 Å². The molecule has 1 atom stereocenters. The fourth-order valence-electron chi connectivity index (χ4n) is 1.36. The van der Waals surface area contributed by atoms with Gasteiger partial charge in [-0.15, -0.1) is 0 Å². The second-order valence-electron chi connectivity index (χ2n) is 3.88. The van der Waals surface area contributed by atoms with Gasteiger partial charge in [0, 0.05) is 18.4 Å². The molecule has 0 aliphatic carbocycles. The normalized spacial score (nSPS) is 11.5. The van der Waals surface area contributed by atoms with Gasteiger partial charge in [0.2, 0.25) is 5.91 Å². The number of carbonyl (C=O) groups excluding carboxylic acids is 2. The van der Waals surface area contributed by atoms with E-state index in [9.17, 15) is 9.59 Å². The Hall–Kier alpha value is -2.11. The predicted molar refractivity (Wildman–Crippen MR) is 65.8 cm³/mol. The van der Waals surface area contributed by atoms with Crippen LogP contribution in [0.4, 0.5) is 4.79 Å². The summed E-state index contributed by atoms with van der Waals surface area (Å²) in [5, 5.41) is 5.11. The molecule has 6 nitrogen and oxygen atoms in total. The van der Waals surface area contributed by atoms with E-state index in [1.165, 1.54) is 7.11 Å². The quantitative estimate of drug-likeness (QED) is 0.827. The van der Waals surface area contributed by atoms with E-state index in [0.29, 0.717) is 6.54 Å². The standard InChI is InChI=1S/C12H17N3O3/c1-8-6-10(4-5-13-8)7-14-11(16)9(2)15-12(17)18-3/h4-6,9H,7H2,1-3H3,(H,14,16)(H,15,17)/t9-/m0/s1. The summed E-state index contributed by atoms with van der Waals surface area (Å²) in [6.07, 6.45) is 1.06. The molecule has 1 rings (SSSR count). The Balaban J connectivity index is 2.43. The number of aromatic nitrogens is 1. The summed E-state index contributed by atoms with van der Waals surface area (Å²) in [4.78, 5) is 26.6. The lowest BCUT2D eigenvalue weighted by Gasteiger charge is -2.13. The first-order valence-corrected chi connectivity index (χ1v) is 5.56. The van der Waals surface area contributed by atoms with Crippen molar-refractivity contribution in [2.75, 3.05) is 7.11 Å². The van der Waals surface area contributed by atoms with Crippen LogP contribution in [0.1, 0.15) is 18.2 Å². The smallest absolute Gasteiger partial charge is 0.407 e. The van der Waals surface area contributed by atoms with Gasteiger partial charge in [0.1, 0.15) is 6.04 Å². The molecule has 2 amide bonds. The summed E-state index contributed by atoms with van der Waals surface area (Å²) in [6.45, 7) is 3.87. The van der Waals surface area contributed by atoms with Crippen molar-refractivity contribution in [2.24, 2.45) is 0 Å². The Bertz CT molecular complexity index is 434. The summed E-state index contributed by atoms with van der Waals surface area (Å²) < 4.78 is 4.41. The van der Waals surface area contributed by atoms with Crippen LogP contribution in [0.25, 0.3) is 0 Å². The zero-order valence-corrected chi connectivity index (χ0v) is 10.7. The number of methoxy groups -OCH3 is 1. The Morgan fingerprint density at radius 2 is 2.22 bits per heavy atom. The number of rotatable bonds is 4. The van der Waals surface area contributed by atoms with E-state index < -0.39 is 12.1 Å². The second kappa shape index (κ2) is 6.58. The summed E-state index contributed by atoms with van der Waals surface area (Å²) in [6, 6.07) is 3.07. The van der Waals surface area contributed by atoms with E-state index in [4.69, 9.17) is 0 Å². The number of amides is 2. The highest BCUT2D eigenvalue weighted by atomic mass is 16.5. The molecule has 0 radical (unpaired) electrons. The third kappa shape index (κ3) is 4.40. The lowest BCUT2D eigenvalue weighted by atomic mass is 10.2. The molecule has 0 spiro atoms. The molecule has 1 heterocycles. The fourth-order valence-corrected chi connectivity index (χ4v) is 1.36. The molecule has 0 aromatic carbocycles. The van der Waals surface area contributed by atoms with E-state index >= 15 is 0 Å². The first-order valence-electron chi connectivity index (χ1n) is 5.56. The van der Waals surface area contributed by atoms with Crippen molar-refractivity contribution >= 4 is 12.0 Å². The van der Waals surface area contributed by atoms with E-state index in [0.717, 1.165) is 11.3 Å². The van der Waals surface area contributed by atoms with Gasteiger partial charge < -0.3 is 15.4 Å². The van der Waals surface area contributed by atoms with Crippen LogP contribution >= 0.6 is 0 Å². The van der Waals surface area contributed by atoms with Gasteiger partial charge in [0.25, 0.3) is 0 Å². The van der Waals surface area contributed by atoms with Gasteiger partial charge in [-0.2, -0.15) is 0 Å². The highest BCUT2D eigenvalue weighted by Crippen LogP contribution is 2.00. The number of pyridine rings is 1. The second-order valence-corrected chi connectivity index (χ2v) is 3.88. The highest BCUT2D eigenvalue weighted by molar-refractivity contribution is 5.85. The van der Waals surface area contributed by atoms with Crippen molar-refractivity contribution in [1.29, 1.82) is 0 Å². The third-order valence-corrected chi connectivity index (χ3v) is 2.34. The number of nitrogens with zero attached hydrogens (tertiary/aromatic N) is 1. The molecular weight excluding hydrogens is 234 g/mol. The van der Waals surface area contributed by atoms with Crippen LogP contribution in [0, 0.1) is 6.92 Å². The van der Waals surface area contributed by atoms with Crippen LogP contribution in [-0.2, 0) is 16.1 Å². The van der Waals surface area contributed by atoms with E-state index in [2.05, 4.69) is 20.4 Å². The van der Waals surface area contributed by atoms with Gasteiger partial charge >= 0.3 is 6.09 Å². The van der Waals surface area contributed by atoms with Gasteiger partial charge in [-0.25, -0.2) is 4.79 Å². The largest absolute Gasteiger partial charge is 0.453 e. The van der Waals surface area contributed by atoms with Crippen molar-refractivity contribution in [3.05, 3.63) is 29.6 Å². The molecule has 0 aliphatic rings. The van der Waals surface area contributed by atoms with Crippen molar-refractivity contribution in [2.45, 2.75) is 26.4 Å². The van der Waals surface area contributed by atoms with Crippen LogP contribution in [0.15, 0.2) is 18.3 Å². The number of hydrogen-bond acceptors (Lipinski definition) is 4. The first kappa shape index (κ1) is 14.0. The van der Waals surface area contributed by atoms with E-state index in [1.807, 2.05) is 19.1 Å². The predicted octanol–water partition coefficient (Wildman–Crippen LogP) is 0.751. The first-order chi connectivity index (χ1) is 8.52. The van der Waals surface area contributed by atoms with Gasteiger partial charge in [-0.1, -0.05) is 0 Å². The van der Waals surface area contributed by atoms with Crippen LogP contribution in [0.3, 0.4) is 0 Å². The van der Waals surface area contributed by atoms with Crippen LogP contribution in [0.5, 0.6) is 0 Å². The van der Waals surface area contributed by atoms with Crippen molar-refractivity contribution in [3.63, 3.8) is 0 Å². The molecule has 0 saturated heterocycles. The molecule has 0 aliphatic heterocycles. The van der Waals surface area contributed by atoms with Crippen LogP contribution < -0.4 is 10.6 Å². The summed E-state index contributed by atoms with van der Waals surface area (Å²) >= 11 is 0. The molecule has 0 bridgehead atoms. The van der Waals surface area contributed by atoms with Gasteiger partial charge in [-0.05, 0) is 31.5 Å². The topological polar surface area (TPSA) is 80.3 Å². The SMILES string of the molecule is COC(=O)N[C@@H](C)C(=O)NCc1ccnc(C)c1. The monoisotopic (exact) mass is 251 g/mol. The lowest BCUT2D eigenvalue weighted by Crippen LogP contribution is -2.44. The van der Waals surface area contributed by atoms with Crippen molar-refractivity contribution in [3.8, 4) is 0 Å². The Morgan fingerprint density at radius 1 is 1.50 bits per heavy atom. The molecular formula is C12H17N3O3. The number of ether oxygens (including phenoxy) is 1. The number of hydrogen-bond donors (Lipinski definition) is 2. The summed E-state index contributed by atoms with van der Waals surface area (Å²) in [5.41, 5.74) is 1.85. The van der Waals surface area contributed by atoms with Crippen molar-refractivity contribution in [1.82, 2.24) is 15.6 Å². The molecule has 18 heavy (non-hydrogen) atoms. The maximum Gasteiger partial charge on any atom is 0.407 e. The zero-order chi connectivity index (χ0) is 13.5. The molecule has 2 N–H and O–H groups in total. The molecule has 0 fully saturated rings. The van der Waals surface area contributed by atoms with Crippen molar-refractivity contribution < 1.29 is 14.3 Å². The van der Waals surface area contributed by atoms with Crippen LogP contribution in [0.2, 0.25) is 0 Å².